The van der Waals surface area contributed by atoms with Gasteiger partial charge in [-0.15, -0.1) is 0 Å². The molecule has 0 amide bonds. The van der Waals surface area contributed by atoms with Crippen molar-refractivity contribution >= 4 is 20.9 Å². The summed E-state index contributed by atoms with van der Waals surface area (Å²) in [5.74, 6) is 0.539. The molecule has 5 heteroatoms. The Morgan fingerprint density at radius 3 is 2.35 bits per heavy atom. The first-order chi connectivity index (χ1) is 11.0. The molecule has 3 aromatic rings. The quantitative estimate of drug-likeness (QED) is 0.681. The average molecular weight is 328 g/mol. The second-order valence-corrected chi connectivity index (χ2v) is 6.72. The highest BCUT2D eigenvalue weighted by molar-refractivity contribution is 7.87. The van der Waals surface area contributed by atoms with E-state index in [9.17, 15) is 8.42 Å². The third-order valence-electron chi connectivity index (χ3n) is 3.52. The van der Waals surface area contributed by atoms with Gasteiger partial charge in [0.15, 0.2) is 0 Å². The lowest BCUT2D eigenvalue weighted by Gasteiger charge is -2.11. The molecule has 3 rings (SSSR count). The summed E-state index contributed by atoms with van der Waals surface area (Å²) in [7, 11) is -2.53. The molecule has 0 atom stereocenters. The Labute approximate surface area is 135 Å². The maximum atomic E-state index is 12.5. The molecule has 23 heavy (non-hydrogen) atoms. The number of ether oxygens (including phenoxy) is 1. The zero-order valence-electron chi connectivity index (χ0n) is 12.8. The lowest BCUT2D eigenvalue weighted by Crippen LogP contribution is -2.11. The molecule has 0 radical (unpaired) electrons. The minimum absolute atomic E-state index is 0.0127. The van der Waals surface area contributed by atoms with Gasteiger partial charge in [-0.05, 0) is 47.5 Å². The highest BCUT2D eigenvalue weighted by atomic mass is 32.2. The topological polar surface area (TPSA) is 52.6 Å². The predicted octanol–water partition coefficient (Wildman–Crippen LogP) is 3.92. The van der Waals surface area contributed by atoms with Crippen LogP contribution in [0.25, 0.3) is 10.8 Å². The van der Waals surface area contributed by atoms with E-state index >= 15 is 0 Å². The molecule has 118 valence electrons. The Bertz CT molecular complexity index is 962. The lowest BCUT2D eigenvalue weighted by molar-refractivity contribution is 0.398. The third kappa shape index (κ3) is 3.14. The summed E-state index contributed by atoms with van der Waals surface area (Å²) >= 11 is 0. The smallest absolute Gasteiger partial charge is 0.342 e. The van der Waals surface area contributed by atoms with E-state index in [2.05, 4.69) is 0 Å². The van der Waals surface area contributed by atoms with Crippen molar-refractivity contribution in [3.63, 3.8) is 0 Å². The van der Waals surface area contributed by atoms with Crippen LogP contribution in [0.1, 0.15) is 5.56 Å². The number of hydrogen-bond donors (Lipinski definition) is 0. The van der Waals surface area contributed by atoms with E-state index in [0.717, 1.165) is 16.3 Å². The molecule has 0 N–H and O–H groups in total. The number of methoxy groups -OCH3 is 1. The van der Waals surface area contributed by atoms with Crippen LogP contribution in [-0.2, 0) is 10.1 Å². The van der Waals surface area contributed by atoms with Gasteiger partial charge in [-0.1, -0.05) is 36.4 Å². The number of hydrogen-bond acceptors (Lipinski definition) is 4. The second kappa shape index (κ2) is 5.93. The first kappa shape index (κ1) is 15.4. The molecule has 0 saturated heterocycles. The summed E-state index contributed by atoms with van der Waals surface area (Å²) in [5, 5.41) is 1.93. The Balaban J connectivity index is 1.99. The van der Waals surface area contributed by atoms with Crippen molar-refractivity contribution < 1.29 is 17.3 Å². The van der Waals surface area contributed by atoms with Crippen molar-refractivity contribution in [3.8, 4) is 11.5 Å². The van der Waals surface area contributed by atoms with E-state index in [1.54, 1.807) is 24.3 Å². The molecule has 0 saturated carbocycles. The van der Waals surface area contributed by atoms with Gasteiger partial charge in [0.05, 0.1) is 7.11 Å². The average Bonchev–Trinajstić information content (AvgIpc) is 2.54. The molecule has 0 aliphatic carbocycles. The van der Waals surface area contributed by atoms with Gasteiger partial charge in [-0.3, -0.25) is 0 Å². The lowest BCUT2D eigenvalue weighted by atomic mass is 10.1. The summed E-state index contributed by atoms with van der Waals surface area (Å²) in [6, 6.07) is 17.7. The Morgan fingerprint density at radius 2 is 1.61 bits per heavy atom. The molecule has 0 aromatic heterocycles. The van der Waals surface area contributed by atoms with Gasteiger partial charge in [0.2, 0.25) is 0 Å². The van der Waals surface area contributed by atoms with E-state index < -0.39 is 10.1 Å². The Kier molecular flexibility index (Phi) is 3.96. The summed E-state index contributed by atoms with van der Waals surface area (Å²) < 4.78 is 35.5. The van der Waals surface area contributed by atoms with Crippen LogP contribution in [0.4, 0.5) is 0 Å². The molecule has 0 aliphatic heterocycles. The molecule has 0 spiro atoms. The van der Waals surface area contributed by atoms with Gasteiger partial charge in [0, 0.05) is 0 Å². The molecule has 0 heterocycles. The van der Waals surface area contributed by atoms with E-state index in [0.29, 0.717) is 0 Å². The first-order valence-electron chi connectivity index (χ1n) is 7.07. The molecule has 0 aliphatic rings. The molecular formula is C18H16O4S. The summed E-state index contributed by atoms with van der Waals surface area (Å²) in [4.78, 5) is 0.0127. The van der Waals surface area contributed by atoms with Crippen molar-refractivity contribution in [2.24, 2.45) is 0 Å². The largest absolute Gasteiger partial charge is 0.495 e. The maximum absolute atomic E-state index is 12.5. The fourth-order valence-electron chi connectivity index (χ4n) is 2.37. The minimum Gasteiger partial charge on any atom is -0.495 e. The van der Waals surface area contributed by atoms with Crippen LogP contribution >= 0.6 is 0 Å². The van der Waals surface area contributed by atoms with E-state index in [1.807, 2.05) is 37.3 Å². The zero-order chi connectivity index (χ0) is 16.4. The van der Waals surface area contributed by atoms with Gasteiger partial charge in [-0.25, -0.2) is 0 Å². The number of fused-ring (bicyclic) bond motifs is 1. The number of benzene rings is 3. The van der Waals surface area contributed by atoms with Crippen LogP contribution in [0.2, 0.25) is 0 Å². The van der Waals surface area contributed by atoms with E-state index in [4.69, 9.17) is 8.92 Å². The predicted molar refractivity (Wildman–Crippen MR) is 89.5 cm³/mol. The van der Waals surface area contributed by atoms with Gasteiger partial charge in [0.25, 0.3) is 0 Å². The zero-order valence-corrected chi connectivity index (χ0v) is 13.6. The Hall–Kier alpha value is -2.53. The molecule has 0 bridgehead atoms. The molecule has 0 fully saturated rings. The normalized spacial score (nSPS) is 11.4. The van der Waals surface area contributed by atoms with Crippen molar-refractivity contribution in [1.82, 2.24) is 0 Å². The SMILES string of the molecule is COc1cc(C)ccc1S(=O)(=O)Oc1ccc2ccccc2c1. The van der Waals surface area contributed by atoms with Crippen molar-refractivity contribution in [2.75, 3.05) is 7.11 Å². The fourth-order valence-corrected chi connectivity index (χ4v) is 3.44. The molecule has 0 unspecified atom stereocenters. The van der Waals surface area contributed by atoms with Crippen molar-refractivity contribution in [1.29, 1.82) is 0 Å². The Morgan fingerprint density at radius 1 is 0.870 bits per heavy atom. The third-order valence-corrected chi connectivity index (χ3v) is 4.80. The summed E-state index contributed by atoms with van der Waals surface area (Å²) in [6.07, 6.45) is 0. The highest BCUT2D eigenvalue weighted by Crippen LogP contribution is 2.29. The summed E-state index contributed by atoms with van der Waals surface area (Å²) in [6.45, 7) is 1.86. The van der Waals surface area contributed by atoms with Crippen LogP contribution in [-0.4, -0.2) is 15.5 Å². The highest BCUT2D eigenvalue weighted by Gasteiger charge is 2.22. The van der Waals surface area contributed by atoms with Crippen LogP contribution in [0.5, 0.6) is 11.5 Å². The van der Waals surface area contributed by atoms with E-state index in [1.165, 1.54) is 13.2 Å². The number of rotatable bonds is 4. The maximum Gasteiger partial charge on any atom is 0.342 e. The minimum atomic E-state index is -3.97. The van der Waals surface area contributed by atoms with Crippen molar-refractivity contribution in [3.05, 3.63) is 66.2 Å². The van der Waals surface area contributed by atoms with Gasteiger partial charge in [-0.2, -0.15) is 8.42 Å². The van der Waals surface area contributed by atoms with Gasteiger partial charge >= 0.3 is 10.1 Å². The monoisotopic (exact) mass is 328 g/mol. The van der Waals surface area contributed by atoms with Crippen LogP contribution in [0, 0.1) is 6.92 Å². The van der Waals surface area contributed by atoms with Crippen LogP contribution in [0.15, 0.2) is 65.6 Å². The second-order valence-electron chi connectivity index (χ2n) is 5.20. The first-order valence-corrected chi connectivity index (χ1v) is 8.48. The fraction of sp³-hybridized carbons (Fsp3) is 0.111. The van der Waals surface area contributed by atoms with Gasteiger partial charge < -0.3 is 8.92 Å². The molecule has 3 aromatic carbocycles. The van der Waals surface area contributed by atoms with E-state index in [-0.39, 0.29) is 16.4 Å². The number of aryl methyl sites for hydroxylation is 1. The molecular weight excluding hydrogens is 312 g/mol. The summed E-state index contributed by atoms with van der Waals surface area (Å²) in [5.41, 5.74) is 0.909. The van der Waals surface area contributed by atoms with Crippen LogP contribution in [0.3, 0.4) is 0 Å². The van der Waals surface area contributed by atoms with Crippen LogP contribution < -0.4 is 8.92 Å². The standard InChI is InChI=1S/C18H16O4S/c1-13-7-10-18(17(11-13)21-2)23(19,20)22-16-9-8-14-5-3-4-6-15(14)12-16/h3-12H,1-2H3. The van der Waals surface area contributed by atoms with Crippen molar-refractivity contribution in [2.45, 2.75) is 11.8 Å². The van der Waals surface area contributed by atoms with Gasteiger partial charge in [0.1, 0.15) is 16.4 Å². The molecule has 4 nitrogen and oxygen atoms in total.